The summed E-state index contributed by atoms with van der Waals surface area (Å²) in [5.74, 6) is 1.41. The highest BCUT2D eigenvalue weighted by Gasteiger charge is 2.78. The number of fused-ring (bicyclic) bond motifs is 7. The largest absolute Gasteiger partial charge is 0.350 e. The Morgan fingerprint density at radius 2 is 1.86 bits per heavy atom. The van der Waals surface area contributed by atoms with E-state index in [0.717, 1.165) is 25.7 Å². The van der Waals surface area contributed by atoms with E-state index in [9.17, 15) is 4.79 Å². The van der Waals surface area contributed by atoms with Crippen LogP contribution in [0.15, 0.2) is 11.6 Å². The van der Waals surface area contributed by atoms with Gasteiger partial charge < -0.3 is 18.9 Å². The van der Waals surface area contributed by atoms with Crippen molar-refractivity contribution < 1.29 is 23.7 Å². The second-order valence-corrected chi connectivity index (χ2v) is 11.7. The third-order valence-electron chi connectivity index (χ3n) is 9.91. The average molecular weight is 467 g/mol. The lowest BCUT2D eigenvalue weighted by Crippen LogP contribution is -2.66. The lowest BCUT2D eigenvalue weighted by atomic mass is 9.46. The highest BCUT2D eigenvalue weighted by molar-refractivity contribution is 9.09. The van der Waals surface area contributed by atoms with E-state index in [-0.39, 0.29) is 29.2 Å². The lowest BCUT2D eigenvalue weighted by molar-refractivity contribution is -0.246. The van der Waals surface area contributed by atoms with Gasteiger partial charge in [-0.3, -0.25) is 4.79 Å². The molecule has 2 spiro atoms. The van der Waals surface area contributed by atoms with Gasteiger partial charge in [0, 0.05) is 11.8 Å². The van der Waals surface area contributed by atoms with Gasteiger partial charge in [0.1, 0.15) is 12.2 Å². The Kier molecular flexibility index (Phi) is 4.12. The van der Waals surface area contributed by atoms with E-state index in [1.807, 2.05) is 6.08 Å². The maximum absolute atomic E-state index is 12.1. The highest BCUT2D eigenvalue weighted by atomic mass is 79.9. The SMILES string of the molecule is C[C@]12CCC(=O)C=C1CC[C@@H]1[C@@H]2CC[C@@]2(C)[C@H]1C[C@H](Br)[C@@]21OCO[C@]12COCO2. The predicted octanol–water partition coefficient (Wildman–Crippen LogP) is 4.34. The molecule has 0 N–H and O–H groups in total. The molecule has 0 amide bonds. The molecule has 3 saturated carbocycles. The van der Waals surface area contributed by atoms with Crippen molar-refractivity contribution in [3.8, 4) is 0 Å². The zero-order valence-corrected chi connectivity index (χ0v) is 19.0. The fourth-order valence-corrected chi connectivity index (χ4v) is 9.94. The molecule has 0 aromatic heterocycles. The Balaban J connectivity index is 1.40. The van der Waals surface area contributed by atoms with Gasteiger partial charge in [-0.15, -0.1) is 0 Å². The van der Waals surface area contributed by atoms with Crippen LogP contribution in [0.1, 0.15) is 58.8 Å². The molecule has 0 aromatic carbocycles. The Hall–Kier alpha value is -0.270. The molecule has 29 heavy (non-hydrogen) atoms. The summed E-state index contributed by atoms with van der Waals surface area (Å²) in [4.78, 5) is 12.3. The molecule has 8 atom stereocenters. The van der Waals surface area contributed by atoms with Gasteiger partial charge in [-0.05, 0) is 67.8 Å². The van der Waals surface area contributed by atoms with Gasteiger partial charge in [0.15, 0.2) is 19.4 Å². The normalized spacial score (nSPS) is 56.4. The molecule has 2 aliphatic heterocycles. The minimum absolute atomic E-state index is 0.0192. The summed E-state index contributed by atoms with van der Waals surface area (Å²) >= 11 is 4.04. The molecule has 0 bridgehead atoms. The fourth-order valence-electron chi connectivity index (χ4n) is 8.54. The van der Waals surface area contributed by atoms with Crippen molar-refractivity contribution in [2.24, 2.45) is 28.6 Å². The second-order valence-electron chi connectivity index (χ2n) is 10.6. The van der Waals surface area contributed by atoms with E-state index in [2.05, 4.69) is 29.8 Å². The van der Waals surface area contributed by atoms with Gasteiger partial charge in [0.05, 0.1) is 4.83 Å². The minimum atomic E-state index is -0.793. The summed E-state index contributed by atoms with van der Waals surface area (Å²) in [5.41, 5.74) is 1.08. The van der Waals surface area contributed by atoms with Crippen LogP contribution in [0.3, 0.4) is 0 Å². The van der Waals surface area contributed by atoms with Gasteiger partial charge in [0.25, 0.3) is 0 Å². The summed E-state index contributed by atoms with van der Waals surface area (Å²) < 4.78 is 24.4. The van der Waals surface area contributed by atoms with E-state index in [1.54, 1.807) is 0 Å². The number of alkyl halides is 1. The van der Waals surface area contributed by atoms with Gasteiger partial charge in [0.2, 0.25) is 5.79 Å². The summed E-state index contributed by atoms with van der Waals surface area (Å²) in [6.07, 6.45) is 9.34. The van der Waals surface area contributed by atoms with E-state index >= 15 is 0 Å². The van der Waals surface area contributed by atoms with E-state index < -0.39 is 11.4 Å². The van der Waals surface area contributed by atoms with Gasteiger partial charge in [-0.2, -0.15) is 0 Å². The Labute approximate surface area is 181 Å². The first kappa shape index (κ1) is 19.4. The van der Waals surface area contributed by atoms with Crippen LogP contribution in [0.5, 0.6) is 0 Å². The first-order valence-electron chi connectivity index (χ1n) is 11.2. The zero-order valence-electron chi connectivity index (χ0n) is 17.4. The van der Waals surface area contributed by atoms with Crippen molar-refractivity contribution in [2.45, 2.75) is 75.0 Å². The summed E-state index contributed by atoms with van der Waals surface area (Å²) in [6.45, 7) is 5.85. The number of ether oxygens (including phenoxy) is 4. The molecular formula is C23H31BrO5. The molecule has 0 radical (unpaired) electrons. The van der Waals surface area contributed by atoms with Crippen molar-refractivity contribution in [3.63, 3.8) is 0 Å². The van der Waals surface area contributed by atoms with Crippen LogP contribution in [0, 0.1) is 28.6 Å². The van der Waals surface area contributed by atoms with Crippen LogP contribution in [0.4, 0.5) is 0 Å². The van der Waals surface area contributed by atoms with Gasteiger partial charge in [-0.1, -0.05) is 35.4 Å². The van der Waals surface area contributed by atoms with E-state index in [0.29, 0.717) is 36.6 Å². The molecule has 0 unspecified atom stereocenters. The highest BCUT2D eigenvalue weighted by Crippen LogP contribution is 2.72. The second kappa shape index (κ2) is 6.16. The number of rotatable bonds is 0. The number of halogens is 1. The third-order valence-corrected chi connectivity index (χ3v) is 10.9. The van der Waals surface area contributed by atoms with Crippen LogP contribution >= 0.6 is 15.9 Å². The maximum Gasteiger partial charge on any atom is 0.227 e. The Morgan fingerprint density at radius 3 is 2.66 bits per heavy atom. The monoisotopic (exact) mass is 466 g/mol. The number of carbonyl (C=O) groups is 1. The van der Waals surface area contributed by atoms with Gasteiger partial charge >= 0.3 is 0 Å². The van der Waals surface area contributed by atoms with Crippen LogP contribution < -0.4 is 0 Å². The topological polar surface area (TPSA) is 54.0 Å². The summed E-state index contributed by atoms with van der Waals surface area (Å²) in [7, 11) is 0. The molecule has 0 aromatic rings. The van der Waals surface area contributed by atoms with Crippen LogP contribution in [0.25, 0.3) is 0 Å². The molecule has 2 heterocycles. The minimum Gasteiger partial charge on any atom is -0.350 e. The quantitative estimate of drug-likeness (QED) is 0.497. The van der Waals surface area contributed by atoms with Crippen molar-refractivity contribution in [1.82, 2.24) is 0 Å². The van der Waals surface area contributed by atoms with Crippen LogP contribution in [-0.4, -0.2) is 42.2 Å². The van der Waals surface area contributed by atoms with Crippen molar-refractivity contribution in [1.29, 1.82) is 0 Å². The number of hydrogen-bond donors (Lipinski definition) is 0. The molecule has 6 heteroatoms. The Morgan fingerprint density at radius 1 is 1.03 bits per heavy atom. The molecule has 6 aliphatic rings. The number of carbonyl (C=O) groups excluding carboxylic acids is 1. The molecular weight excluding hydrogens is 436 g/mol. The average Bonchev–Trinajstić information content (AvgIpc) is 3.38. The lowest BCUT2D eigenvalue weighted by Gasteiger charge is -2.60. The molecule has 5 nitrogen and oxygen atoms in total. The number of hydrogen-bond acceptors (Lipinski definition) is 5. The maximum atomic E-state index is 12.1. The van der Waals surface area contributed by atoms with Gasteiger partial charge in [-0.25, -0.2) is 0 Å². The first-order chi connectivity index (χ1) is 13.9. The summed E-state index contributed by atoms with van der Waals surface area (Å²) in [5, 5.41) is 0. The molecule has 2 saturated heterocycles. The zero-order chi connectivity index (χ0) is 20.1. The van der Waals surface area contributed by atoms with E-state index in [1.165, 1.54) is 18.4 Å². The van der Waals surface area contributed by atoms with Crippen LogP contribution in [-0.2, 0) is 23.7 Å². The number of ketones is 1. The molecule has 6 rings (SSSR count). The standard InChI is InChI=1S/C23H31BrO5/c1-20-7-5-15(25)9-14(20)3-4-16-17(20)6-8-21(2)18(16)10-19(24)23(21)22(28-13-29-23)11-26-12-27-22/h9,16-19H,3-8,10-13H2,1-2H3/t16-,17+,18+,19+,20+,21+,22-,23-/m1/s1. The molecule has 160 valence electrons. The molecule has 4 aliphatic carbocycles. The predicted molar refractivity (Wildman–Crippen MR) is 109 cm³/mol. The third kappa shape index (κ3) is 2.18. The van der Waals surface area contributed by atoms with Crippen molar-refractivity contribution >= 4 is 21.7 Å². The summed E-state index contributed by atoms with van der Waals surface area (Å²) in [6, 6.07) is 0. The van der Waals surface area contributed by atoms with Crippen molar-refractivity contribution in [3.05, 3.63) is 11.6 Å². The Bertz CT molecular complexity index is 770. The van der Waals surface area contributed by atoms with E-state index in [4.69, 9.17) is 18.9 Å². The molecule has 5 fully saturated rings. The number of allylic oxidation sites excluding steroid dienone is 1. The first-order valence-corrected chi connectivity index (χ1v) is 12.2. The van der Waals surface area contributed by atoms with Crippen molar-refractivity contribution in [2.75, 3.05) is 20.2 Å². The fraction of sp³-hybridized carbons (Fsp3) is 0.870. The smallest absolute Gasteiger partial charge is 0.227 e. The van der Waals surface area contributed by atoms with Crippen LogP contribution in [0.2, 0.25) is 0 Å².